The lowest BCUT2D eigenvalue weighted by Crippen LogP contribution is -2.38. The number of hydrogen-bond acceptors (Lipinski definition) is 9. The predicted octanol–water partition coefficient (Wildman–Crippen LogP) is 7.77. The van der Waals surface area contributed by atoms with E-state index < -0.39 is 29.1 Å². The summed E-state index contributed by atoms with van der Waals surface area (Å²) in [7, 11) is 3.05. The average molecular weight is 682 g/mol. The number of hydrogen-bond donors (Lipinski definition) is 0. The zero-order valence-corrected chi connectivity index (χ0v) is 28.3. The van der Waals surface area contributed by atoms with Crippen molar-refractivity contribution in [1.82, 2.24) is 14.9 Å². The third-order valence-corrected chi connectivity index (χ3v) is 8.65. The molecule has 1 aromatic heterocycles. The van der Waals surface area contributed by atoms with E-state index in [0.717, 1.165) is 48.5 Å². The highest BCUT2D eigenvalue weighted by atomic mass is 32.2. The fraction of sp³-hybridized carbons (Fsp3) is 0.343. The zero-order valence-electron chi connectivity index (χ0n) is 27.5. The van der Waals surface area contributed by atoms with Crippen LogP contribution in [-0.2, 0) is 24.4 Å². The van der Waals surface area contributed by atoms with Gasteiger partial charge in [-0.15, -0.1) is 0 Å². The number of nitrogens with zero attached hydrogens (tertiary/aromatic N) is 5. The number of carbonyl (C=O) groups is 1. The lowest BCUT2D eigenvalue weighted by molar-refractivity contribution is 0.0577. The summed E-state index contributed by atoms with van der Waals surface area (Å²) in [6.07, 6.45) is 3.23. The van der Waals surface area contributed by atoms with Crippen molar-refractivity contribution in [2.75, 3.05) is 36.5 Å². The molecule has 4 aromatic rings. The molecule has 0 atom stereocenters. The molecule has 1 fully saturated rings. The van der Waals surface area contributed by atoms with Gasteiger partial charge >= 0.3 is 6.09 Å². The van der Waals surface area contributed by atoms with E-state index in [4.69, 9.17) is 14.2 Å². The number of amides is 1. The first-order valence-electron chi connectivity index (χ1n) is 15.4. The highest BCUT2D eigenvalue weighted by molar-refractivity contribution is 8.00. The van der Waals surface area contributed by atoms with E-state index in [1.807, 2.05) is 0 Å². The molecule has 0 unspecified atom stereocenters. The molecule has 1 aliphatic rings. The second kappa shape index (κ2) is 15.2. The van der Waals surface area contributed by atoms with Crippen LogP contribution in [0, 0.1) is 17.5 Å². The van der Waals surface area contributed by atoms with Crippen LogP contribution in [0.1, 0.15) is 43.9 Å². The van der Waals surface area contributed by atoms with Crippen molar-refractivity contribution >= 4 is 29.7 Å². The van der Waals surface area contributed by atoms with Gasteiger partial charge in [0.2, 0.25) is 5.95 Å². The molecule has 1 amide bonds. The third-order valence-electron chi connectivity index (χ3n) is 7.57. The van der Waals surface area contributed by atoms with Gasteiger partial charge in [-0.3, -0.25) is 14.1 Å². The summed E-state index contributed by atoms with van der Waals surface area (Å²) >= 11 is 0.754. The maximum atomic E-state index is 16.0. The van der Waals surface area contributed by atoms with E-state index in [1.54, 1.807) is 57.2 Å². The Morgan fingerprint density at radius 2 is 1.60 bits per heavy atom. The average Bonchev–Trinajstić information content (AvgIpc) is 3.03. The summed E-state index contributed by atoms with van der Waals surface area (Å²) in [4.78, 5) is 25.0. The van der Waals surface area contributed by atoms with Crippen molar-refractivity contribution in [1.29, 1.82) is 0 Å². The number of rotatable bonds is 12. The van der Waals surface area contributed by atoms with E-state index >= 15 is 13.2 Å². The SMILES string of the molecule is COc1ccc(CN(Sc2c(F)cc(N(Cc3c(F)cccc3CN3CCC3)C(=O)OC(C)(C)C)cc2F)c2ncccn2)c(OC)c1. The first-order valence-corrected chi connectivity index (χ1v) is 16.1. The van der Waals surface area contributed by atoms with E-state index in [0.29, 0.717) is 29.2 Å². The molecule has 3 aromatic carbocycles. The van der Waals surface area contributed by atoms with Gasteiger partial charge in [0, 0.05) is 36.1 Å². The number of benzene rings is 3. The summed E-state index contributed by atoms with van der Waals surface area (Å²) in [5.74, 6) is -1.13. The number of halogens is 3. The summed E-state index contributed by atoms with van der Waals surface area (Å²) < 4.78 is 65.3. The van der Waals surface area contributed by atoms with Gasteiger partial charge in [0.15, 0.2) is 0 Å². The Kier molecular flexibility index (Phi) is 11.0. The normalized spacial score (nSPS) is 13.1. The molecule has 0 spiro atoms. The van der Waals surface area contributed by atoms with Gasteiger partial charge in [-0.1, -0.05) is 12.1 Å². The van der Waals surface area contributed by atoms with Crippen molar-refractivity contribution < 1.29 is 32.2 Å². The summed E-state index contributed by atoms with van der Waals surface area (Å²) in [5.41, 5.74) is 0.572. The molecular formula is C35H38F3N5O4S. The van der Waals surface area contributed by atoms with E-state index in [1.165, 1.54) is 37.0 Å². The summed E-state index contributed by atoms with van der Waals surface area (Å²) in [6, 6.07) is 13.7. The Balaban J connectivity index is 1.50. The fourth-order valence-corrected chi connectivity index (χ4v) is 5.94. The highest BCUT2D eigenvalue weighted by Gasteiger charge is 2.29. The standard InChI is InChI=1S/C35H38F3N5O4S/c1-35(2,3)47-34(44)42(22-27-23(9-6-10-28(27)36)20-41-15-8-16-41)25-17-29(37)32(30(38)18-25)48-43(33-39-13-7-14-40-33)21-24-11-12-26(45-4)19-31(24)46-5/h6-7,9-14,17-19H,8,15-16,20-22H2,1-5H3. The van der Waals surface area contributed by atoms with Gasteiger partial charge in [-0.05, 0) is 94.2 Å². The monoisotopic (exact) mass is 681 g/mol. The van der Waals surface area contributed by atoms with Gasteiger partial charge in [0.1, 0.15) is 39.4 Å². The van der Waals surface area contributed by atoms with Gasteiger partial charge in [-0.25, -0.2) is 27.9 Å². The molecule has 48 heavy (non-hydrogen) atoms. The molecule has 1 aliphatic heterocycles. The lowest BCUT2D eigenvalue weighted by atomic mass is 10.0. The van der Waals surface area contributed by atoms with Crippen LogP contribution in [0.4, 0.5) is 29.6 Å². The number of anilines is 2. The summed E-state index contributed by atoms with van der Waals surface area (Å²) in [6.45, 7) is 7.12. The first-order chi connectivity index (χ1) is 23.0. The maximum Gasteiger partial charge on any atom is 0.415 e. The number of methoxy groups -OCH3 is 2. The van der Waals surface area contributed by atoms with Crippen LogP contribution < -0.4 is 18.7 Å². The quantitative estimate of drug-likeness (QED) is 0.139. The van der Waals surface area contributed by atoms with Crippen LogP contribution >= 0.6 is 11.9 Å². The molecule has 2 heterocycles. The van der Waals surface area contributed by atoms with Crippen molar-refractivity contribution in [3.8, 4) is 11.5 Å². The van der Waals surface area contributed by atoms with Crippen LogP contribution in [-0.4, -0.2) is 53.9 Å². The largest absolute Gasteiger partial charge is 0.497 e. The Morgan fingerprint density at radius 3 is 2.21 bits per heavy atom. The molecule has 1 saturated heterocycles. The smallest absolute Gasteiger partial charge is 0.415 e. The topological polar surface area (TPSA) is 80.3 Å². The van der Waals surface area contributed by atoms with Crippen LogP contribution in [0.3, 0.4) is 0 Å². The van der Waals surface area contributed by atoms with Crippen molar-refractivity contribution in [3.63, 3.8) is 0 Å². The van der Waals surface area contributed by atoms with Crippen molar-refractivity contribution in [2.45, 2.75) is 57.3 Å². The van der Waals surface area contributed by atoms with Crippen LogP contribution in [0.25, 0.3) is 0 Å². The Labute approximate surface area is 282 Å². The second-order valence-electron chi connectivity index (χ2n) is 12.2. The Hall–Kier alpha value is -4.49. The third kappa shape index (κ3) is 8.50. The van der Waals surface area contributed by atoms with Crippen LogP contribution in [0.5, 0.6) is 11.5 Å². The maximum absolute atomic E-state index is 16.0. The number of carbonyl (C=O) groups excluding carboxylic acids is 1. The molecule has 0 aliphatic carbocycles. The first kappa shape index (κ1) is 34.8. The molecular weight excluding hydrogens is 643 g/mol. The number of aromatic nitrogens is 2. The minimum atomic E-state index is -0.944. The molecule has 5 rings (SSSR count). The molecule has 0 N–H and O–H groups in total. The van der Waals surface area contributed by atoms with Crippen molar-refractivity contribution in [3.05, 3.63) is 101 Å². The number of ether oxygens (including phenoxy) is 3. The summed E-state index contributed by atoms with van der Waals surface area (Å²) in [5, 5.41) is 0. The Bertz CT molecular complexity index is 1710. The van der Waals surface area contributed by atoms with Crippen molar-refractivity contribution in [2.24, 2.45) is 0 Å². The molecule has 0 saturated carbocycles. The molecule has 254 valence electrons. The van der Waals surface area contributed by atoms with E-state index in [2.05, 4.69) is 14.9 Å². The van der Waals surface area contributed by atoms with Crippen LogP contribution in [0.15, 0.2) is 71.9 Å². The van der Waals surface area contributed by atoms with Gasteiger partial charge in [0.05, 0.1) is 33.0 Å². The minimum absolute atomic E-state index is 0.111. The van der Waals surface area contributed by atoms with E-state index in [-0.39, 0.29) is 35.2 Å². The molecule has 13 heteroatoms. The molecule has 9 nitrogen and oxygen atoms in total. The predicted molar refractivity (Wildman–Crippen MR) is 179 cm³/mol. The fourth-order valence-electron chi connectivity index (χ4n) is 5.05. The van der Waals surface area contributed by atoms with Gasteiger partial charge < -0.3 is 14.2 Å². The van der Waals surface area contributed by atoms with Gasteiger partial charge in [-0.2, -0.15) is 0 Å². The highest BCUT2D eigenvalue weighted by Crippen LogP contribution is 2.37. The van der Waals surface area contributed by atoms with Gasteiger partial charge in [0.25, 0.3) is 0 Å². The Morgan fingerprint density at radius 1 is 0.896 bits per heavy atom. The number of likely N-dealkylation sites (tertiary alicyclic amines) is 1. The molecule has 0 radical (unpaired) electrons. The second-order valence-corrected chi connectivity index (χ2v) is 13.2. The minimum Gasteiger partial charge on any atom is -0.497 e. The van der Waals surface area contributed by atoms with Crippen LogP contribution in [0.2, 0.25) is 0 Å². The zero-order chi connectivity index (χ0) is 34.4. The van der Waals surface area contributed by atoms with E-state index in [9.17, 15) is 4.79 Å². The lowest BCUT2D eigenvalue weighted by Gasteiger charge is -2.32. The molecule has 0 bridgehead atoms.